The van der Waals surface area contributed by atoms with Crippen LogP contribution in [-0.4, -0.2) is 40.2 Å². The fourth-order valence-electron chi connectivity index (χ4n) is 3.43. The summed E-state index contributed by atoms with van der Waals surface area (Å²) in [4.78, 5) is 22.8. The molecular weight excluding hydrogens is 507 g/mol. The van der Waals surface area contributed by atoms with Gasteiger partial charge in [0.2, 0.25) is 5.95 Å². The highest BCUT2D eigenvalue weighted by molar-refractivity contribution is 14.1. The zero-order valence-corrected chi connectivity index (χ0v) is 18.9. The number of aliphatic hydroxyl groups excluding tert-OH is 1. The van der Waals surface area contributed by atoms with Crippen molar-refractivity contribution < 1.29 is 9.90 Å². The maximum atomic E-state index is 11.8. The van der Waals surface area contributed by atoms with Gasteiger partial charge in [0, 0.05) is 39.9 Å². The van der Waals surface area contributed by atoms with Crippen LogP contribution in [0.4, 0.5) is 28.8 Å². The van der Waals surface area contributed by atoms with E-state index < -0.39 is 5.91 Å². The molecule has 0 aliphatic carbocycles. The second kappa shape index (κ2) is 9.48. The molecule has 0 atom stereocenters. The van der Waals surface area contributed by atoms with Crippen LogP contribution in [0.1, 0.15) is 23.2 Å². The number of benzene rings is 2. The second-order valence-electron chi connectivity index (χ2n) is 7.35. The number of halogens is 1. The molecular formula is C22H23IN6O2. The predicted molar refractivity (Wildman–Crippen MR) is 130 cm³/mol. The van der Waals surface area contributed by atoms with Crippen LogP contribution in [0.15, 0.2) is 54.7 Å². The monoisotopic (exact) mass is 530 g/mol. The molecule has 9 heteroatoms. The fraction of sp³-hybridized carbons (Fsp3) is 0.227. The Bertz CT molecular complexity index is 1070. The average molecular weight is 530 g/mol. The molecule has 0 unspecified atom stereocenters. The topological polar surface area (TPSA) is 116 Å². The van der Waals surface area contributed by atoms with E-state index in [-0.39, 0.29) is 11.7 Å². The molecule has 8 nitrogen and oxygen atoms in total. The predicted octanol–water partition coefficient (Wildman–Crippen LogP) is 3.63. The second-order valence-corrected chi connectivity index (χ2v) is 8.59. The van der Waals surface area contributed by atoms with Gasteiger partial charge in [-0.15, -0.1) is 0 Å². The number of anilines is 5. The van der Waals surface area contributed by atoms with Gasteiger partial charge in [0.05, 0.1) is 6.10 Å². The van der Waals surface area contributed by atoms with Crippen molar-refractivity contribution in [1.29, 1.82) is 0 Å². The number of nitrogens with one attached hydrogen (secondary N) is 2. The lowest BCUT2D eigenvalue weighted by atomic mass is 10.1. The molecule has 160 valence electrons. The zero-order valence-electron chi connectivity index (χ0n) is 16.8. The van der Waals surface area contributed by atoms with Crippen molar-refractivity contribution >= 4 is 57.3 Å². The summed E-state index contributed by atoms with van der Waals surface area (Å²) in [5.74, 6) is 0.0955. The van der Waals surface area contributed by atoms with E-state index in [1.807, 2.05) is 48.5 Å². The Kier molecular flexibility index (Phi) is 6.52. The molecule has 1 amide bonds. The molecule has 5 N–H and O–H groups in total. The first-order valence-electron chi connectivity index (χ1n) is 9.97. The molecule has 1 aromatic heterocycles. The number of amides is 1. The molecule has 1 fully saturated rings. The van der Waals surface area contributed by atoms with E-state index in [1.54, 1.807) is 0 Å². The number of rotatable bonds is 6. The van der Waals surface area contributed by atoms with Crippen LogP contribution in [0.25, 0.3) is 0 Å². The van der Waals surface area contributed by atoms with Crippen LogP contribution < -0.4 is 21.3 Å². The third kappa shape index (κ3) is 5.42. The summed E-state index contributed by atoms with van der Waals surface area (Å²) in [6, 6.07) is 15.7. The van der Waals surface area contributed by atoms with Gasteiger partial charge in [0.1, 0.15) is 11.4 Å². The number of nitrogens with zero attached hydrogens (tertiary/aromatic N) is 3. The van der Waals surface area contributed by atoms with Gasteiger partial charge in [-0.05, 0) is 77.9 Å². The summed E-state index contributed by atoms with van der Waals surface area (Å²) in [6.45, 7) is 1.69. The zero-order chi connectivity index (χ0) is 21.8. The molecule has 3 aromatic rings. The number of hydrogen-bond donors (Lipinski definition) is 4. The van der Waals surface area contributed by atoms with E-state index in [9.17, 15) is 9.90 Å². The molecule has 1 aliphatic heterocycles. The minimum absolute atomic E-state index is 0.195. The lowest BCUT2D eigenvalue weighted by Crippen LogP contribution is -2.35. The Labute approximate surface area is 194 Å². The number of aliphatic hydroxyl groups is 1. The van der Waals surface area contributed by atoms with Crippen molar-refractivity contribution in [2.45, 2.75) is 18.9 Å². The molecule has 4 rings (SSSR count). The summed E-state index contributed by atoms with van der Waals surface area (Å²) < 4.78 is 1.05. The van der Waals surface area contributed by atoms with Crippen molar-refractivity contribution in [3.8, 4) is 0 Å². The third-order valence-corrected chi connectivity index (χ3v) is 5.77. The highest BCUT2D eigenvalue weighted by Gasteiger charge is 2.17. The van der Waals surface area contributed by atoms with E-state index >= 15 is 0 Å². The van der Waals surface area contributed by atoms with E-state index in [0.29, 0.717) is 11.8 Å². The normalized spacial score (nSPS) is 14.3. The maximum Gasteiger partial charge on any atom is 0.254 e. The van der Waals surface area contributed by atoms with Gasteiger partial charge in [0.25, 0.3) is 5.91 Å². The molecule has 0 spiro atoms. The lowest BCUT2D eigenvalue weighted by Gasteiger charge is -2.31. The third-order valence-electron chi connectivity index (χ3n) is 5.09. The highest BCUT2D eigenvalue weighted by Crippen LogP contribution is 2.25. The minimum atomic E-state index is -0.601. The minimum Gasteiger partial charge on any atom is -0.393 e. The SMILES string of the molecule is NC(=O)c1cnc(Nc2ccc(N3CCC(O)CC3)cc2)nc1Nc1cccc(I)c1. The van der Waals surface area contributed by atoms with Gasteiger partial charge in [-0.3, -0.25) is 4.79 Å². The summed E-state index contributed by atoms with van der Waals surface area (Å²) >= 11 is 2.22. The van der Waals surface area contributed by atoms with E-state index in [2.05, 4.69) is 48.1 Å². The number of hydrogen-bond acceptors (Lipinski definition) is 7. The standard InChI is InChI=1S/C22H23IN6O2/c23-14-2-1-3-16(12-14)26-21-19(20(24)31)13-25-22(28-21)27-15-4-6-17(7-5-15)29-10-8-18(30)9-11-29/h1-7,12-13,18,30H,8-11H2,(H2,24,31)(H2,25,26,27,28). The highest BCUT2D eigenvalue weighted by atomic mass is 127. The number of piperidine rings is 1. The quantitative estimate of drug-likeness (QED) is 0.360. The molecule has 31 heavy (non-hydrogen) atoms. The van der Waals surface area contributed by atoms with Crippen LogP contribution in [0.3, 0.4) is 0 Å². The largest absolute Gasteiger partial charge is 0.393 e. The molecule has 2 heterocycles. The van der Waals surface area contributed by atoms with Crippen molar-refractivity contribution in [3.05, 3.63) is 63.9 Å². The average Bonchev–Trinajstić information content (AvgIpc) is 2.75. The van der Waals surface area contributed by atoms with Gasteiger partial charge in [-0.1, -0.05) is 6.07 Å². The molecule has 2 aromatic carbocycles. The number of carbonyl (C=O) groups is 1. The lowest BCUT2D eigenvalue weighted by molar-refractivity contribution is 0.100. The molecule has 0 bridgehead atoms. The molecule has 1 aliphatic rings. The first-order chi connectivity index (χ1) is 15.0. The molecule has 0 radical (unpaired) electrons. The molecule has 1 saturated heterocycles. The Balaban J connectivity index is 1.51. The van der Waals surface area contributed by atoms with Crippen molar-refractivity contribution in [1.82, 2.24) is 9.97 Å². The van der Waals surface area contributed by atoms with Gasteiger partial charge < -0.3 is 26.4 Å². The summed E-state index contributed by atoms with van der Waals surface area (Å²) in [7, 11) is 0. The van der Waals surface area contributed by atoms with Crippen LogP contribution in [0.2, 0.25) is 0 Å². The Morgan fingerprint density at radius 2 is 1.84 bits per heavy atom. The fourth-order valence-corrected chi connectivity index (χ4v) is 3.97. The van der Waals surface area contributed by atoms with Gasteiger partial charge in [0.15, 0.2) is 0 Å². The van der Waals surface area contributed by atoms with Crippen LogP contribution in [0.5, 0.6) is 0 Å². The van der Waals surface area contributed by atoms with Crippen LogP contribution in [0, 0.1) is 3.57 Å². The first kappa shape index (κ1) is 21.3. The summed E-state index contributed by atoms with van der Waals surface area (Å²) in [5, 5.41) is 16.0. The van der Waals surface area contributed by atoms with E-state index in [4.69, 9.17) is 5.73 Å². The van der Waals surface area contributed by atoms with Crippen molar-refractivity contribution in [3.63, 3.8) is 0 Å². The van der Waals surface area contributed by atoms with Gasteiger partial charge in [-0.2, -0.15) is 4.98 Å². The molecule has 0 saturated carbocycles. The number of nitrogens with two attached hydrogens (primary N) is 1. The number of aromatic nitrogens is 2. The Hall–Kier alpha value is -2.92. The maximum absolute atomic E-state index is 11.8. The van der Waals surface area contributed by atoms with Gasteiger partial charge in [-0.25, -0.2) is 4.98 Å². The number of carbonyl (C=O) groups excluding carboxylic acids is 1. The Morgan fingerprint density at radius 3 is 2.52 bits per heavy atom. The Morgan fingerprint density at radius 1 is 1.10 bits per heavy atom. The van der Waals surface area contributed by atoms with E-state index in [0.717, 1.165) is 46.6 Å². The van der Waals surface area contributed by atoms with Crippen LogP contribution in [-0.2, 0) is 0 Å². The van der Waals surface area contributed by atoms with Crippen molar-refractivity contribution in [2.24, 2.45) is 5.73 Å². The summed E-state index contributed by atoms with van der Waals surface area (Å²) in [6.07, 6.45) is 2.80. The number of primary amides is 1. The van der Waals surface area contributed by atoms with Gasteiger partial charge >= 0.3 is 0 Å². The smallest absolute Gasteiger partial charge is 0.254 e. The van der Waals surface area contributed by atoms with Crippen LogP contribution >= 0.6 is 22.6 Å². The first-order valence-corrected chi connectivity index (χ1v) is 11.1. The van der Waals surface area contributed by atoms with Crippen molar-refractivity contribution in [2.75, 3.05) is 28.6 Å². The summed E-state index contributed by atoms with van der Waals surface area (Å²) in [5.41, 5.74) is 8.45. The van der Waals surface area contributed by atoms with E-state index in [1.165, 1.54) is 6.20 Å².